The average molecular weight is 183 g/mol. The zero-order chi connectivity index (χ0) is 9.68. The van der Waals surface area contributed by atoms with Gasteiger partial charge in [0, 0.05) is 5.92 Å². The van der Waals surface area contributed by atoms with Crippen LogP contribution in [0.25, 0.3) is 0 Å². The molecule has 1 N–H and O–H groups in total. The van der Waals surface area contributed by atoms with Gasteiger partial charge in [0.05, 0.1) is 6.04 Å². The summed E-state index contributed by atoms with van der Waals surface area (Å²) in [4.78, 5) is 11.9. The molecule has 0 bridgehead atoms. The smallest absolute Gasteiger partial charge is 0.152 e. The van der Waals surface area contributed by atoms with Gasteiger partial charge in [0.2, 0.25) is 0 Å². The summed E-state index contributed by atoms with van der Waals surface area (Å²) in [6, 6.07) is 0.165. The molecule has 0 aromatic carbocycles. The highest BCUT2D eigenvalue weighted by Gasteiger charge is 2.25. The fourth-order valence-electron chi connectivity index (χ4n) is 2.07. The van der Waals surface area contributed by atoms with E-state index in [1.165, 1.54) is 12.8 Å². The van der Waals surface area contributed by atoms with Gasteiger partial charge in [-0.15, -0.1) is 0 Å². The second-order valence-electron chi connectivity index (χ2n) is 3.92. The van der Waals surface area contributed by atoms with Crippen LogP contribution in [0.15, 0.2) is 0 Å². The minimum atomic E-state index is 0.165. The molecule has 2 heteroatoms. The minimum Gasteiger partial charge on any atom is -0.307 e. The molecule has 1 rings (SSSR count). The molecule has 0 amide bonds. The summed E-state index contributed by atoms with van der Waals surface area (Å²) in [7, 11) is 0. The van der Waals surface area contributed by atoms with Crippen LogP contribution in [0.2, 0.25) is 0 Å². The lowest BCUT2D eigenvalue weighted by molar-refractivity contribution is -0.125. The number of ketones is 1. The third-order valence-corrected chi connectivity index (χ3v) is 3.04. The number of rotatable bonds is 4. The molecule has 0 aromatic rings. The standard InChI is InChI=1S/C11H21NO/c1-3-9(4-2)11(13)10-7-5-6-8-12-10/h9-10,12H,3-8H2,1-2H3. The van der Waals surface area contributed by atoms with E-state index < -0.39 is 0 Å². The topological polar surface area (TPSA) is 29.1 Å². The van der Waals surface area contributed by atoms with E-state index in [2.05, 4.69) is 19.2 Å². The number of piperidine rings is 1. The quantitative estimate of drug-likeness (QED) is 0.723. The summed E-state index contributed by atoms with van der Waals surface area (Å²) in [6.07, 6.45) is 5.48. The van der Waals surface area contributed by atoms with Crippen molar-refractivity contribution in [3.63, 3.8) is 0 Å². The number of nitrogens with one attached hydrogen (secondary N) is 1. The summed E-state index contributed by atoms with van der Waals surface area (Å²) < 4.78 is 0. The first-order valence-electron chi connectivity index (χ1n) is 5.56. The van der Waals surface area contributed by atoms with Crippen molar-refractivity contribution in [3.05, 3.63) is 0 Å². The Bertz CT molecular complexity index is 157. The number of carbonyl (C=O) groups is 1. The molecule has 0 saturated carbocycles. The summed E-state index contributed by atoms with van der Waals surface area (Å²) in [6.45, 7) is 5.24. The van der Waals surface area contributed by atoms with Crippen molar-refractivity contribution in [2.24, 2.45) is 5.92 Å². The van der Waals surface area contributed by atoms with E-state index in [-0.39, 0.29) is 12.0 Å². The molecule has 1 heterocycles. The average Bonchev–Trinajstić information content (AvgIpc) is 2.21. The second kappa shape index (κ2) is 5.38. The zero-order valence-electron chi connectivity index (χ0n) is 8.81. The van der Waals surface area contributed by atoms with Crippen molar-refractivity contribution in [3.8, 4) is 0 Å². The van der Waals surface area contributed by atoms with Crippen LogP contribution >= 0.6 is 0 Å². The van der Waals surface area contributed by atoms with Gasteiger partial charge in [-0.1, -0.05) is 20.3 Å². The van der Waals surface area contributed by atoms with E-state index in [9.17, 15) is 4.79 Å². The van der Waals surface area contributed by atoms with Crippen molar-refractivity contribution in [2.75, 3.05) is 6.54 Å². The molecule has 0 aliphatic carbocycles. The third kappa shape index (κ3) is 2.80. The first-order valence-corrected chi connectivity index (χ1v) is 5.56. The largest absolute Gasteiger partial charge is 0.307 e. The van der Waals surface area contributed by atoms with Crippen LogP contribution in [0.4, 0.5) is 0 Å². The molecule has 0 spiro atoms. The maximum Gasteiger partial charge on any atom is 0.152 e. The van der Waals surface area contributed by atoms with Gasteiger partial charge in [0.15, 0.2) is 5.78 Å². The molecule has 1 aliphatic heterocycles. The van der Waals surface area contributed by atoms with Crippen LogP contribution in [0.5, 0.6) is 0 Å². The van der Waals surface area contributed by atoms with Crippen LogP contribution in [-0.4, -0.2) is 18.4 Å². The Morgan fingerprint density at radius 1 is 1.38 bits per heavy atom. The fraction of sp³-hybridized carbons (Fsp3) is 0.909. The van der Waals surface area contributed by atoms with Crippen molar-refractivity contribution in [1.82, 2.24) is 5.32 Å². The van der Waals surface area contributed by atoms with Gasteiger partial charge in [-0.2, -0.15) is 0 Å². The third-order valence-electron chi connectivity index (χ3n) is 3.04. The van der Waals surface area contributed by atoms with E-state index in [0.717, 1.165) is 25.8 Å². The maximum absolute atomic E-state index is 11.9. The summed E-state index contributed by atoms with van der Waals surface area (Å²) in [5.74, 6) is 0.736. The summed E-state index contributed by atoms with van der Waals surface area (Å²) in [5.41, 5.74) is 0. The Balaban J connectivity index is 2.44. The minimum absolute atomic E-state index is 0.165. The summed E-state index contributed by atoms with van der Waals surface area (Å²) >= 11 is 0. The molecule has 76 valence electrons. The lowest BCUT2D eigenvalue weighted by Crippen LogP contribution is -2.43. The summed E-state index contributed by atoms with van der Waals surface area (Å²) in [5, 5.41) is 3.32. The number of hydrogen-bond acceptors (Lipinski definition) is 2. The van der Waals surface area contributed by atoms with Crippen molar-refractivity contribution >= 4 is 5.78 Å². The first kappa shape index (κ1) is 10.7. The molecule has 0 aromatic heterocycles. The molecule has 1 atom stereocenters. The Morgan fingerprint density at radius 2 is 2.08 bits per heavy atom. The molecule has 1 saturated heterocycles. The Labute approximate surface area is 81.1 Å². The van der Waals surface area contributed by atoms with Crippen molar-refractivity contribution < 1.29 is 4.79 Å². The number of Topliss-reactive ketones (excluding diaryl/α,β-unsaturated/α-hetero) is 1. The predicted molar refractivity (Wildman–Crippen MR) is 54.7 cm³/mol. The predicted octanol–water partition coefficient (Wildman–Crippen LogP) is 2.13. The molecular weight excluding hydrogens is 162 g/mol. The SMILES string of the molecule is CCC(CC)C(=O)C1CCCCN1. The van der Waals surface area contributed by atoms with Crippen LogP contribution in [-0.2, 0) is 4.79 Å². The van der Waals surface area contributed by atoms with E-state index >= 15 is 0 Å². The molecule has 13 heavy (non-hydrogen) atoms. The van der Waals surface area contributed by atoms with E-state index in [4.69, 9.17) is 0 Å². The molecular formula is C11H21NO. The number of carbonyl (C=O) groups excluding carboxylic acids is 1. The van der Waals surface area contributed by atoms with Gasteiger partial charge in [-0.05, 0) is 32.2 Å². The first-order chi connectivity index (χ1) is 6.29. The molecule has 1 unspecified atom stereocenters. The normalized spacial score (nSPS) is 23.5. The Hall–Kier alpha value is -0.370. The van der Waals surface area contributed by atoms with Gasteiger partial charge in [0.1, 0.15) is 0 Å². The Kier molecular flexibility index (Phi) is 4.43. The maximum atomic E-state index is 11.9. The van der Waals surface area contributed by atoms with Gasteiger partial charge in [-0.25, -0.2) is 0 Å². The van der Waals surface area contributed by atoms with E-state index in [0.29, 0.717) is 5.78 Å². The number of hydrogen-bond donors (Lipinski definition) is 1. The van der Waals surface area contributed by atoms with Crippen molar-refractivity contribution in [2.45, 2.75) is 52.0 Å². The molecule has 0 radical (unpaired) electrons. The zero-order valence-corrected chi connectivity index (χ0v) is 8.81. The lowest BCUT2D eigenvalue weighted by Gasteiger charge is -2.25. The van der Waals surface area contributed by atoms with Crippen LogP contribution in [0.1, 0.15) is 46.0 Å². The highest BCUT2D eigenvalue weighted by Crippen LogP contribution is 2.16. The molecule has 2 nitrogen and oxygen atoms in total. The van der Waals surface area contributed by atoms with Crippen LogP contribution in [0.3, 0.4) is 0 Å². The van der Waals surface area contributed by atoms with Crippen LogP contribution < -0.4 is 5.32 Å². The van der Waals surface area contributed by atoms with E-state index in [1.807, 2.05) is 0 Å². The molecule has 1 aliphatic rings. The van der Waals surface area contributed by atoms with E-state index in [1.54, 1.807) is 0 Å². The molecule has 1 fully saturated rings. The van der Waals surface area contributed by atoms with Gasteiger partial charge >= 0.3 is 0 Å². The van der Waals surface area contributed by atoms with Gasteiger partial charge in [-0.3, -0.25) is 4.79 Å². The second-order valence-corrected chi connectivity index (χ2v) is 3.92. The fourth-order valence-corrected chi connectivity index (χ4v) is 2.07. The van der Waals surface area contributed by atoms with Gasteiger partial charge in [0.25, 0.3) is 0 Å². The Morgan fingerprint density at radius 3 is 2.54 bits per heavy atom. The highest BCUT2D eigenvalue weighted by atomic mass is 16.1. The lowest BCUT2D eigenvalue weighted by atomic mass is 9.89. The van der Waals surface area contributed by atoms with Crippen molar-refractivity contribution in [1.29, 1.82) is 0 Å². The van der Waals surface area contributed by atoms with Crippen LogP contribution in [0, 0.1) is 5.92 Å². The highest BCUT2D eigenvalue weighted by molar-refractivity contribution is 5.86. The van der Waals surface area contributed by atoms with Gasteiger partial charge < -0.3 is 5.32 Å². The monoisotopic (exact) mass is 183 g/mol.